The molecule has 8 rings (SSSR count). The van der Waals surface area contributed by atoms with E-state index in [-0.39, 0.29) is 0 Å². The van der Waals surface area contributed by atoms with Crippen LogP contribution in [-0.4, -0.2) is 422 Å². The van der Waals surface area contributed by atoms with Crippen molar-refractivity contribution in [1.82, 2.24) is 16.0 Å². The first-order chi connectivity index (χ1) is 45.8. The van der Waals surface area contributed by atoms with Crippen molar-refractivity contribution >= 4 is 17.7 Å². The van der Waals surface area contributed by atoms with Crippen LogP contribution in [0.2, 0.25) is 0 Å². The lowest BCUT2D eigenvalue weighted by molar-refractivity contribution is -0.397. The van der Waals surface area contributed by atoms with Gasteiger partial charge in [-0.3, -0.25) is 14.4 Å². The Morgan fingerprint density at radius 3 is 1.09 bits per heavy atom. The maximum Gasteiger partial charge on any atom is 0.217 e. The van der Waals surface area contributed by atoms with Crippen LogP contribution in [0.25, 0.3) is 0 Å². The van der Waals surface area contributed by atoms with Crippen molar-refractivity contribution in [1.29, 1.82) is 0 Å². The minimum Gasteiger partial charge on any atom is -0.394 e. The first-order valence-electron chi connectivity index (χ1n) is 31.0. The molecule has 43 nitrogen and oxygen atoms in total. The Bertz CT molecular complexity index is 2490. The molecule has 8 saturated heterocycles. The zero-order valence-electron chi connectivity index (χ0n) is 52.2. The van der Waals surface area contributed by atoms with Gasteiger partial charge in [-0.1, -0.05) is 0 Å². The number of carbonyl (C=O) groups excluding carboxylic acids is 3. The second kappa shape index (κ2) is 34.5. The highest BCUT2D eigenvalue weighted by Gasteiger charge is 2.60. The van der Waals surface area contributed by atoms with Crippen molar-refractivity contribution in [2.24, 2.45) is 0 Å². The second-order valence-corrected chi connectivity index (χ2v) is 24.6. The molecule has 8 fully saturated rings. The third kappa shape index (κ3) is 17.6. The van der Waals surface area contributed by atoms with Gasteiger partial charge in [-0.05, 0) is 6.92 Å². The first kappa shape index (κ1) is 79.6. The number of ether oxygens (including phenoxy) is 15. The summed E-state index contributed by atoms with van der Waals surface area (Å²) in [6.07, 6.45) is -73.0. The summed E-state index contributed by atoms with van der Waals surface area (Å²) in [6.45, 7) is -2.78. The Labute approximate surface area is 549 Å². The quantitative estimate of drug-likeness (QED) is 0.0427. The summed E-state index contributed by atoms with van der Waals surface area (Å²) < 4.78 is 87.7. The van der Waals surface area contributed by atoms with E-state index in [1.807, 2.05) is 0 Å². The van der Waals surface area contributed by atoms with Crippen molar-refractivity contribution in [3.63, 3.8) is 0 Å². The van der Waals surface area contributed by atoms with Crippen LogP contribution in [0.1, 0.15) is 27.7 Å². The van der Waals surface area contributed by atoms with Crippen molar-refractivity contribution in [3.05, 3.63) is 0 Å². The molecule has 562 valence electrons. The van der Waals surface area contributed by atoms with Gasteiger partial charge in [-0.25, -0.2) is 0 Å². The lowest BCUT2D eigenvalue weighted by Gasteiger charge is -2.51. The summed E-state index contributed by atoms with van der Waals surface area (Å²) in [5, 5.41) is 248. The summed E-state index contributed by atoms with van der Waals surface area (Å²) in [7, 11) is 0. The van der Waals surface area contributed by atoms with Gasteiger partial charge in [-0.2, -0.15) is 0 Å². The molecule has 0 spiro atoms. The number of rotatable bonds is 24. The Hall–Kier alpha value is -3.07. The molecule has 43 heteroatoms. The Kier molecular flexibility index (Phi) is 28.3. The average molecular weight is 1420 g/mol. The highest BCUT2D eigenvalue weighted by atomic mass is 16.8. The molecule has 0 bridgehead atoms. The zero-order valence-corrected chi connectivity index (χ0v) is 52.2. The Morgan fingerprint density at radius 1 is 0.289 bits per heavy atom. The molecule has 0 radical (unpaired) electrons. The van der Waals surface area contributed by atoms with E-state index in [4.69, 9.17) is 71.1 Å². The van der Waals surface area contributed by atoms with Crippen molar-refractivity contribution in [2.45, 2.75) is 273 Å². The lowest BCUT2D eigenvalue weighted by atomic mass is 9.93. The predicted octanol–water partition coefficient (Wildman–Crippen LogP) is -17.0. The number of aliphatic hydroxyl groups excluding tert-OH is 22. The molecule has 0 aliphatic carbocycles. The molecule has 3 amide bonds. The fourth-order valence-electron chi connectivity index (χ4n) is 12.4. The van der Waals surface area contributed by atoms with Gasteiger partial charge >= 0.3 is 0 Å². The van der Waals surface area contributed by atoms with E-state index >= 15 is 0 Å². The van der Waals surface area contributed by atoms with Crippen molar-refractivity contribution in [2.75, 3.05) is 46.2 Å². The zero-order chi connectivity index (χ0) is 71.5. The Balaban J connectivity index is 1.09. The number of hydrogen-bond acceptors (Lipinski definition) is 40. The Morgan fingerprint density at radius 2 is 0.619 bits per heavy atom. The number of nitrogens with one attached hydrogen (secondary N) is 3. The van der Waals surface area contributed by atoms with Crippen LogP contribution in [0.3, 0.4) is 0 Å². The third-order valence-electron chi connectivity index (χ3n) is 17.8. The molecule has 0 unspecified atom stereocenters. The van der Waals surface area contributed by atoms with Crippen LogP contribution in [0.5, 0.6) is 0 Å². The topological polar surface area (TPSA) is 671 Å². The van der Waals surface area contributed by atoms with E-state index in [0.717, 1.165) is 20.8 Å². The summed E-state index contributed by atoms with van der Waals surface area (Å²) in [4.78, 5) is 38.1. The van der Waals surface area contributed by atoms with E-state index in [0.29, 0.717) is 0 Å². The molecule has 8 heterocycles. The largest absolute Gasteiger partial charge is 0.394 e. The first-order valence-corrected chi connectivity index (χ1v) is 31.0. The summed E-state index contributed by atoms with van der Waals surface area (Å²) in [5.74, 6) is -2.64. The lowest BCUT2D eigenvalue weighted by Crippen LogP contribution is -2.71. The van der Waals surface area contributed by atoms with E-state index in [1.54, 1.807) is 0 Å². The molecule has 0 aromatic heterocycles. The van der Waals surface area contributed by atoms with Crippen LogP contribution < -0.4 is 16.0 Å². The van der Waals surface area contributed by atoms with Gasteiger partial charge in [0.2, 0.25) is 17.7 Å². The maximum atomic E-state index is 13.0. The molecule has 8 aliphatic heterocycles. The van der Waals surface area contributed by atoms with E-state index in [2.05, 4.69) is 16.0 Å². The minimum atomic E-state index is -2.47. The van der Waals surface area contributed by atoms with Gasteiger partial charge in [0.25, 0.3) is 0 Å². The highest BCUT2D eigenvalue weighted by Crippen LogP contribution is 2.39. The monoisotopic (exact) mass is 1420 g/mol. The molecule has 0 saturated carbocycles. The molecule has 40 atom stereocenters. The van der Waals surface area contributed by atoms with Crippen LogP contribution in [0, 0.1) is 0 Å². The van der Waals surface area contributed by atoms with Gasteiger partial charge < -0.3 is 199 Å². The molecule has 8 aliphatic rings. The predicted molar refractivity (Wildman–Crippen MR) is 298 cm³/mol. The minimum absolute atomic E-state index is 0.795. The molecule has 25 N–H and O–H groups in total. The number of hydrogen-bond donors (Lipinski definition) is 25. The van der Waals surface area contributed by atoms with Crippen LogP contribution in [-0.2, 0) is 85.4 Å². The normalized spacial score (nSPS) is 49.9. The van der Waals surface area contributed by atoms with Crippen LogP contribution in [0.4, 0.5) is 0 Å². The molecular weight excluding hydrogens is 1330 g/mol. The summed E-state index contributed by atoms with van der Waals surface area (Å²) in [5.41, 5.74) is 0. The summed E-state index contributed by atoms with van der Waals surface area (Å²) >= 11 is 0. The highest BCUT2D eigenvalue weighted by molar-refractivity contribution is 5.74. The number of aliphatic hydroxyl groups is 22. The third-order valence-corrected chi connectivity index (χ3v) is 17.8. The molecule has 97 heavy (non-hydrogen) atoms. The maximum absolute atomic E-state index is 13.0. The van der Waals surface area contributed by atoms with Crippen LogP contribution >= 0.6 is 0 Å². The van der Waals surface area contributed by atoms with E-state index in [9.17, 15) is 127 Å². The summed E-state index contributed by atoms with van der Waals surface area (Å²) in [6, 6.07) is -5.49. The molecule has 0 aromatic rings. The van der Waals surface area contributed by atoms with Gasteiger partial charge in [0.05, 0.1) is 52.4 Å². The van der Waals surface area contributed by atoms with Crippen LogP contribution in [0.15, 0.2) is 0 Å². The fraction of sp³-hybridized carbons (Fsp3) is 0.944. The fourth-order valence-corrected chi connectivity index (χ4v) is 12.4. The average Bonchev–Trinajstić information content (AvgIpc) is 0.799. The van der Waals surface area contributed by atoms with Crippen molar-refractivity contribution in [3.8, 4) is 0 Å². The van der Waals surface area contributed by atoms with Crippen molar-refractivity contribution < 1.29 is 198 Å². The van der Waals surface area contributed by atoms with Gasteiger partial charge in [0.15, 0.2) is 50.3 Å². The standard InChI is InChI=1S/C54H91N3O40/c1-12-26(66)34(74)38(78)50(85-12)84-11-22-44(31(71)23(47(82)86-22)55-13(2)63)93-48-24(56-14(3)64)32(72)43(20(9-62)90-48)95-53-41(81)45(30(70)21(92-53)10-83-51-39(79)35(75)27(67)16(5-58)87-51)96-54-46(37(77)29(69)18(7-60)89-54)97-49-25(57-15(4)65)33(73)42(19(8-61)91-49)94-52-40(80)36(76)28(68)17(6-59)88-52/h12,16-54,58-62,66-82H,5-11H2,1-4H3,(H,55,63)(H,56,64)(H,57,65)/t12-,16-,17-,18-,19-,20-,21-,22-,23-,24-,25-,26+,27-,28+,29-,30-,31-,32-,33-,34+,35+,36+,37+,38-,39+,40-,41+,42-,43-,44-,45+,46+,47+,48+,49+,50-,51+,52+,53+,54-/m1/s1. The van der Waals surface area contributed by atoms with Gasteiger partial charge in [0.1, 0.15) is 189 Å². The van der Waals surface area contributed by atoms with E-state index < -0.39 is 309 Å². The van der Waals surface area contributed by atoms with Gasteiger partial charge in [0, 0.05) is 20.8 Å². The second-order valence-electron chi connectivity index (χ2n) is 24.6. The van der Waals surface area contributed by atoms with Gasteiger partial charge in [-0.15, -0.1) is 0 Å². The SMILES string of the molecule is CC(=O)N[C@@H]1[C@@H](O)[C@H](O[C@@H]2O[C@H](CO)[C@@H](O[C@@H]3O[C@H](CO[C@H]4O[C@H](CO)[C@@H](O)[C@H](O)[C@@H]4O)[C@@H](O)[C@H](O[C@H]4O[C@H](CO)[C@@H](O)[C@H](O)[C@@H]4O[C@@H]4O[C@H](CO)[C@@H](O[C@@H]5O[C@H](CO)[C@H](O)[C@H](O)[C@H]5O)[C@H](O)[C@H]4NC(C)=O)[C@@H]3O)[C@H](O)[C@H]2NC(C)=O)[C@@H](CO[C@@H]2O[C@H](C)[C@H](O)[C@H](O)[C@H]2O)O[C@@H]1O. The van der Waals surface area contributed by atoms with E-state index in [1.165, 1.54) is 6.92 Å². The molecule has 0 aromatic carbocycles. The number of amides is 3. The number of carbonyl (C=O) groups is 3. The smallest absolute Gasteiger partial charge is 0.217 e. The molecular formula is C54H91N3O40.